The topological polar surface area (TPSA) is 54.3 Å². The van der Waals surface area contributed by atoms with Crippen LogP contribution in [0.5, 0.6) is 0 Å². The van der Waals surface area contributed by atoms with Gasteiger partial charge in [-0.2, -0.15) is 13.2 Å². The fourth-order valence-electron chi connectivity index (χ4n) is 2.54. The number of carbonyl (C=O) groups excluding carboxylic acids is 1. The Bertz CT molecular complexity index is 869. The third-order valence-electron chi connectivity index (χ3n) is 3.81. The summed E-state index contributed by atoms with van der Waals surface area (Å²) in [7, 11) is 0.830. The molecule has 2 heterocycles. The summed E-state index contributed by atoms with van der Waals surface area (Å²) in [4.78, 5) is 20.5. The van der Waals surface area contributed by atoms with Crippen LogP contribution in [0.4, 0.5) is 17.6 Å². The second-order valence-electron chi connectivity index (χ2n) is 5.65. The van der Waals surface area contributed by atoms with E-state index in [1.54, 1.807) is 13.0 Å². The van der Waals surface area contributed by atoms with Gasteiger partial charge >= 0.3 is 17.8 Å². The van der Waals surface area contributed by atoms with Crippen molar-refractivity contribution in [3.05, 3.63) is 59.6 Å². The zero-order chi connectivity index (χ0) is 19.1. The van der Waals surface area contributed by atoms with Gasteiger partial charge < -0.3 is 4.74 Å². The number of fused-ring (bicyclic) bond motifs is 1. The van der Waals surface area contributed by atoms with Crippen LogP contribution < -0.4 is 0 Å². The van der Waals surface area contributed by atoms with E-state index in [1.807, 2.05) is 0 Å². The average Bonchev–Trinajstić information content (AvgIpc) is 2.60. The summed E-state index contributed by atoms with van der Waals surface area (Å²) in [5.74, 6) is -2.54. The summed E-state index contributed by atoms with van der Waals surface area (Å²) in [6.07, 6.45) is -0.703. The normalized spacial score (nSPS) is 22.2. The van der Waals surface area contributed by atoms with Crippen LogP contribution >= 0.6 is 0 Å². The van der Waals surface area contributed by atoms with Gasteiger partial charge in [0.1, 0.15) is 17.5 Å². The fourth-order valence-corrected chi connectivity index (χ4v) is 2.54. The Morgan fingerprint density at radius 1 is 1.15 bits per heavy atom. The third kappa shape index (κ3) is 2.79. The highest BCUT2D eigenvalue weighted by molar-refractivity contribution is 6.17. The van der Waals surface area contributed by atoms with Crippen LogP contribution in [-0.4, -0.2) is 41.5 Å². The maximum atomic E-state index is 13.8. The Balaban J connectivity index is 2.27. The summed E-state index contributed by atoms with van der Waals surface area (Å²) in [6.45, 7) is 1.74. The number of rotatable bonds is 2. The first-order valence-electron chi connectivity index (χ1n) is 7.44. The van der Waals surface area contributed by atoms with E-state index in [9.17, 15) is 22.4 Å². The highest BCUT2D eigenvalue weighted by atomic mass is 19.4. The number of nitrogens with zero attached hydrogens (tertiary/aromatic N) is 3. The van der Waals surface area contributed by atoms with Gasteiger partial charge in [-0.25, -0.2) is 19.2 Å². The molecule has 1 aromatic rings. The first-order valence-corrected chi connectivity index (χ1v) is 7.44. The number of ether oxygens (including phenoxy) is 1. The zero-order valence-corrected chi connectivity index (χ0v) is 13.7. The molecule has 3 rings (SSSR count). The van der Waals surface area contributed by atoms with E-state index in [1.165, 1.54) is 29.3 Å². The lowest BCUT2D eigenvalue weighted by atomic mass is 10.1. The highest BCUT2D eigenvalue weighted by Gasteiger charge is 2.64. The molecule has 0 fully saturated rings. The Morgan fingerprint density at radius 2 is 1.81 bits per heavy atom. The molecule has 1 aromatic carbocycles. The maximum absolute atomic E-state index is 13.8. The molecule has 0 amide bonds. The minimum atomic E-state index is -5.13. The monoisotopic (exact) mass is 367 g/mol. The lowest BCUT2D eigenvalue weighted by molar-refractivity contribution is -0.202. The SMILES string of the molecule is COC(=O)[C@]1(C(F)(F)F)N=C2C=CC(C)=CN2C(c2ccc(F)cc2)=N1. The molecule has 0 N–H and O–H groups in total. The van der Waals surface area contributed by atoms with Gasteiger partial charge in [0.05, 0.1) is 7.11 Å². The third-order valence-corrected chi connectivity index (χ3v) is 3.81. The van der Waals surface area contributed by atoms with Crippen LogP contribution in [0, 0.1) is 5.82 Å². The molecule has 0 unspecified atom stereocenters. The van der Waals surface area contributed by atoms with Crippen LogP contribution in [0.3, 0.4) is 0 Å². The minimum Gasteiger partial charge on any atom is -0.465 e. The number of methoxy groups -OCH3 is 1. The molecule has 0 radical (unpaired) electrons. The molecule has 26 heavy (non-hydrogen) atoms. The van der Waals surface area contributed by atoms with Gasteiger partial charge in [0.25, 0.3) is 0 Å². The first kappa shape index (κ1) is 17.8. The van der Waals surface area contributed by atoms with Crippen LogP contribution in [0.1, 0.15) is 12.5 Å². The fraction of sp³-hybridized carbons (Fsp3) is 0.235. The van der Waals surface area contributed by atoms with E-state index < -0.39 is 23.6 Å². The van der Waals surface area contributed by atoms with Crippen LogP contribution in [0.15, 0.2) is 58.2 Å². The number of hydrogen-bond donors (Lipinski definition) is 0. The molecular weight excluding hydrogens is 354 g/mol. The van der Waals surface area contributed by atoms with Crippen molar-refractivity contribution in [1.82, 2.24) is 4.90 Å². The molecule has 5 nitrogen and oxygen atoms in total. The highest BCUT2D eigenvalue weighted by Crippen LogP contribution is 2.40. The molecule has 2 aliphatic rings. The molecule has 9 heteroatoms. The Labute approximate surface area is 146 Å². The van der Waals surface area contributed by atoms with E-state index in [0.29, 0.717) is 0 Å². The smallest absolute Gasteiger partial charge is 0.445 e. The second kappa shape index (κ2) is 6.08. The number of allylic oxidation sites excluding steroid dienone is 2. The molecule has 0 saturated heterocycles. The molecule has 0 saturated carbocycles. The summed E-state index contributed by atoms with van der Waals surface area (Å²) >= 11 is 0. The summed E-state index contributed by atoms with van der Waals surface area (Å²) < 4.78 is 58.9. The van der Waals surface area contributed by atoms with Crippen LogP contribution in [0.2, 0.25) is 0 Å². The number of benzene rings is 1. The van der Waals surface area contributed by atoms with Crippen molar-refractivity contribution in [2.24, 2.45) is 9.98 Å². The maximum Gasteiger partial charge on any atom is 0.445 e. The summed E-state index contributed by atoms with van der Waals surface area (Å²) in [6, 6.07) is 4.73. The van der Waals surface area contributed by atoms with Gasteiger partial charge in [-0.1, -0.05) is 6.08 Å². The predicted molar refractivity (Wildman–Crippen MR) is 85.9 cm³/mol. The summed E-state index contributed by atoms with van der Waals surface area (Å²) in [5, 5.41) is 0. The number of aliphatic imine (C=N–C) groups is 2. The van der Waals surface area contributed by atoms with Crippen molar-refractivity contribution in [2.75, 3.05) is 7.11 Å². The van der Waals surface area contributed by atoms with Crippen molar-refractivity contribution in [2.45, 2.75) is 18.8 Å². The number of alkyl halides is 3. The predicted octanol–water partition coefficient (Wildman–Crippen LogP) is 3.19. The first-order chi connectivity index (χ1) is 12.2. The van der Waals surface area contributed by atoms with Gasteiger partial charge in [-0.05, 0) is 42.8 Å². The van der Waals surface area contributed by atoms with E-state index in [-0.39, 0.29) is 17.2 Å². The quantitative estimate of drug-likeness (QED) is 0.596. The number of halogens is 4. The van der Waals surface area contributed by atoms with Crippen molar-refractivity contribution in [3.8, 4) is 0 Å². The summed E-state index contributed by atoms with van der Waals surface area (Å²) in [5.41, 5.74) is -2.51. The lowest BCUT2D eigenvalue weighted by Gasteiger charge is -2.36. The van der Waals surface area contributed by atoms with Gasteiger partial charge in [0.2, 0.25) is 0 Å². The number of esters is 1. The Kier molecular flexibility index (Phi) is 4.17. The van der Waals surface area contributed by atoms with Crippen molar-refractivity contribution >= 4 is 17.6 Å². The Morgan fingerprint density at radius 3 is 2.38 bits per heavy atom. The van der Waals surface area contributed by atoms with Crippen LogP contribution in [-0.2, 0) is 9.53 Å². The molecular formula is C17H13F4N3O2. The Hall–Kier alpha value is -2.97. The molecule has 0 aromatic heterocycles. The number of hydrogen-bond acceptors (Lipinski definition) is 5. The molecule has 136 valence electrons. The van der Waals surface area contributed by atoms with E-state index >= 15 is 0 Å². The van der Waals surface area contributed by atoms with Crippen molar-refractivity contribution in [1.29, 1.82) is 0 Å². The largest absolute Gasteiger partial charge is 0.465 e. The van der Waals surface area contributed by atoms with E-state index in [2.05, 4.69) is 14.7 Å². The van der Waals surface area contributed by atoms with Gasteiger partial charge in [-0.3, -0.25) is 4.90 Å². The standard InChI is InChI=1S/C17H13F4N3O2/c1-10-3-8-13-22-16(15(25)26-2,17(19,20)21)23-14(24(13)9-10)11-4-6-12(18)7-5-11/h3-9H,1-2H3/t16-/m0/s1. The molecule has 0 spiro atoms. The zero-order valence-electron chi connectivity index (χ0n) is 13.7. The molecule has 0 bridgehead atoms. The molecule has 1 atom stereocenters. The second-order valence-corrected chi connectivity index (χ2v) is 5.65. The van der Waals surface area contributed by atoms with Gasteiger partial charge in [0.15, 0.2) is 0 Å². The van der Waals surface area contributed by atoms with Gasteiger partial charge in [-0.15, -0.1) is 0 Å². The molecule has 0 aliphatic carbocycles. The average molecular weight is 367 g/mol. The minimum absolute atomic E-state index is 0.132. The lowest BCUT2D eigenvalue weighted by Crippen LogP contribution is -2.55. The number of carbonyl (C=O) groups is 1. The van der Waals surface area contributed by atoms with E-state index in [4.69, 9.17) is 0 Å². The van der Waals surface area contributed by atoms with E-state index in [0.717, 1.165) is 24.8 Å². The van der Waals surface area contributed by atoms with Crippen LogP contribution in [0.25, 0.3) is 0 Å². The van der Waals surface area contributed by atoms with Crippen molar-refractivity contribution < 1.29 is 27.1 Å². The molecule has 2 aliphatic heterocycles. The van der Waals surface area contributed by atoms with Gasteiger partial charge in [0, 0.05) is 11.8 Å². The number of amidine groups is 2. The van der Waals surface area contributed by atoms with Crippen molar-refractivity contribution in [3.63, 3.8) is 0 Å².